The third-order valence-electron chi connectivity index (χ3n) is 2.40. The molecule has 0 saturated carbocycles. The number of carbonyl (C=O) groups is 1. The minimum Gasteiger partial charge on any atom is -0.323 e. The summed E-state index contributed by atoms with van der Waals surface area (Å²) in [4.78, 5) is 12.9. The first-order valence-electron chi connectivity index (χ1n) is 5.69. The van der Waals surface area contributed by atoms with Crippen LogP contribution in [0.2, 0.25) is 5.02 Å². The maximum absolute atomic E-state index is 12.0. The predicted octanol–water partition coefficient (Wildman–Crippen LogP) is 3.36. The van der Waals surface area contributed by atoms with E-state index >= 15 is 0 Å². The zero-order chi connectivity index (χ0) is 13.7. The number of thioether (sulfide) groups is 1. The van der Waals surface area contributed by atoms with Gasteiger partial charge in [-0.25, -0.2) is 0 Å². The molecule has 0 radical (unpaired) electrons. The van der Waals surface area contributed by atoms with Gasteiger partial charge in [-0.15, -0.1) is 0 Å². The van der Waals surface area contributed by atoms with E-state index in [1.54, 1.807) is 24.3 Å². The molecular weight excluding hydrogens is 280 g/mol. The van der Waals surface area contributed by atoms with Gasteiger partial charge in [0.05, 0.1) is 10.7 Å². The van der Waals surface area contributed by atoms with Crippen molar-refractivity contribution in [1.29, 1.82) is 0 Å². The van der Waals surface area contributed by atoms with Crippen LogP contribution in [0, 0.1) is 0 Å². The lowest BCUT2D eigenvalue weighted by Gasteiger charge is -2.12. The van der Waals surface area contributed by atoms with E-state index in [2.05, 4.69) is 5.32 Å². The van der Waals surface area contributed by atoms with Gasteiger partial charge in [-0.1, -0.05) is 53.7 Å². The lowest BCUT2D eigenvalue weighted by atomic mass is 10.3. The fourth-order valence-corrected chi connectivity index (χ4v) is 2.42. The standard InChI is InChI=1S/C14H13ClN2OS/c15-11-8-4-5-9-12(11)17-14(18)13(16)19-10-6-2-1-3-7-10/h1-9,13H,16H2,(H,17,18)/t13-/m0/s1. The van der Waals surface area contributed by atoms with Crippen molar-refractivity contribution in [3.8, 4) is 0 Å². The molecule has 0 aliphatic rings. The van der Waals surface area contributed by atoms with Crippen LogP contribution in [-0.2, 0) is 4.79 Å². The predicted molar refractivity (Wildman–Crippen MR) is 80.4 cm³/mol. The molecule has 0 saturated heterocycles. The van der Waals surface area contributed by atoms with E-state index < -0.39 is 5.37 Å². The normalized spacial score (nSPS) is 11.9. The van der Waals surface area contributed by atoms with E-state index in [0.29, 0.717) is 10.7 Å². The van der Waals surface area contributed by atoms with Gasteiger partial charge < -0.3 is 11.1 Å². The summed E-state index contributed by atoms with van der Waals surface area (Å²) in [7, 11) is 0. The first-order valence-corrected chi connectivity index (χ1v) is 6.95. The van der Waals surface area contributed by atoms with E-state index in [4.69, 9.17) is 17.3 Å². The molecule has 1 amide bonds. The molecule has 5 heteroatoms. The van der Waals surface area contributed by atoms with Crippen LogP contribution in [0.3, 0.4) is 0 Å². The molecule has 0 aliphatic heterocycles. The van der Waals surface area contributed by atoms with Crippen molar-refractivity contribution in [3.05, 3.63) is 59.6 Å². The molecule has 0 aromatic heterocycles. The van der Waals surface area contributed by atoms with E-state index in [0.717, 1.165) is 4.90 Å². The molecule has 1 atom stereocenters. The molecule has 0 spiro atoms. The second-order valence-corrected chi connectivity index (χ2v) is 5.44. The number of carbonyl (C=O) groups excluding carboxylic acids is 1. The molecule has 19 heavy (non-hydrogen) atoms. The van der Waals surface area contributed by atoms with Crippen LogP contribution in [-0.4, -0.2) is 11.3 Å². The van der Waals surface area contributed by atoms with Gasteiger partial charge in [-0.05, 0) is 24.3 Å². The molecule has 3 nitrogen and oxygen atoms in total. The number of amides is 1. The minimum atomic E-state index is -0.682. The van der Waals surface area contributed by atoms with Crippen LogP contribution in [0.5, 0.6) is 0 Å². The second kappa shape index (κ2) is 6.61. The van der Waals surface area contributed by atoms with Gasteiger partial charge in [-0.2, -0.15) is 0 Å². The molecule has 0 unspecified atom stereocenters. The average Bonchev–Trinajstić information content (AvgIpc) is 2.42. The lowest BCUT2D eigenvalue weighted by molar-refractivity contribution is -0.115. The molecule has 2 aromatic rings. The summed E-state index contributed by atoms with van der Waals surface area (Å²) in [5.74, 6) is -0.276. The van der Waals surface area contributed by atoms with Gasteiger partial charge in [0.2, 0.25) is 0 Å². The maximum Gasteiger partial charge on any atom is 0.252 e. The van der Waals surface area contributed by atoms with Gasteiger partial charge in [0, 0.05) is 4.90 Å². The summed E-state index contributed by atoms with van der Waals surface area (Å²) in [5, 5.41) is 2.53. The lowest BCUT2D eigenvalue weighted by Crippen LogP contribution is -2.32. The Hall–Kier alpha value is -1.49. The molecule has 98 valence electrons. The maximum atomic E-state index is 12.0. The van der Waals surface area contributed by atoms with Gasteiger partial charge in [0.1, 0.15) is 5.37 Å². The fourth-order valence-electron chi connectivity index (χ4n) is 1.47. The number of hydrogen-bond acceptors (Lipinski definition) is 3. The zero-order valence-electron chi connectivity index (χ0n) is 10.0. The Kier molecular flexibility index (Phi) is 4.85. The molecule has 2 rings (SSSR count). The Bertz CT molecular complexity index is 562. The SMILES string of the molecule is N[C@@H](Sc1ccccc1)C(=O)Nc1ccccc1Cl. The van der Waals surface area contributed by atoms with E-state index in [1.807, 2.05) is 30.3 Å². The summed E-state index contributed by atoms with van der Waals surface area (Å²) in [6, 6.07) is 16.6. The highest BCUT2D eigenvalue weighted by Crippen LogP contribution is 2.24. The number of rotatable bonds is 4. The van der Waals surface area contributed by atoms with Gasteiger partial charge >= 0.3 is 0 Å². The molecule has 2 aromatic carbocycles. The van der Waals surface area contributed by atoms with E-state index in [9.17, 15) is 4.79 Å². The highest BCUT2D eigenvalue weighted by molar-refractivity contribution is 8.00. The number of halogens is 1. The highest BCUT2D eigenvalue weighted by atomic mass is 35.5. The van der Waals surface area contributed by atoms with Crippen LogP contribution in [0.1, 0.15) is 0 Å². The molecule has 0 bridgehead atoms. The molecule has 0 aliphatic carbocycles. The van der Waals surface area contributed by atoms with E-state index in [-0.39, 0.29) is 5.91 Å². The van der Waals surface area contributed by atoms with Crippen molar-refractivity contribution in [1.82, 2.24) is 0 Å². The Morgan fingerprint density at radius 2 is 1.74 bits per heavy atom. The summed E-state index contributed by atoms with van der Waals surface area (Å²) >= 11 is 7.27. The number of nitrogens with one attached hydrogen (secondary N) is 1. The first-order chi connectivity index (χ1) is 9.16. The molecule has 0 heterocycles. The summed E-state index contributed by atoms with van der Waals surface area (Å²) in [5.41, 5.74) is 6.42. The third-order valence-corrected chi connectivity index (χ3v) is 3.74. The Labute approximate surface area is 121 Å². The Morgan fingerprint density at radius 1 is 1.11 bits per heavy atom. The molecule has 3 N–H and O–H groups in total. The number of benzene rings is 2. The quantitative estimate of drug-likeness (QED) is 0.671. The van der Waals surface area contributed by atoms with Gasteiger partial charge in [0.25, 0.3) is 5.91 Å². The fraction of sp³-hybridized carbons (Fsp3) is 0.0714. The van der Waals surface area contributed by atoms with Crippen molar-refractivity contribution < 1.29 is 4.79 Å². The van der Waals surface area contributed by atoms with Crippen LogP contribution >= 0.6 is 23.4 Å². The summed E-state index contributed by atoms with van der Waals surface area (Å²) in [6.45, 7) is 0. The monoisotopic (exact) mass is 292 g/mol. The smallest absolute Gasteiger partial charge is 0.252 e. The third kappa shape index (κ3) is 3.99. The van der Waals surface area contributed by atoms with Crippen molar-refractivity contribution >= 4 is 35.0 Å². The highest BCUT2D eigenvalue weighted by Gasteiger charge is 2.15. The topological polar surface area (TPSA) is 55.1 Å². The van der Waals surface area contributed by atoms with E-state index in [1.165, 1.54) is 11.8 Å². The van der Waals surface area contributed by atoms with Crippen LogP contribution < -0.4 is 11.1 Å². The van der Waals surface area contributed by atoms with Gasteiger partial charge in [0.15, 0.2) is 0 Å². The average molecular weight is 293 g/mol. The van der Waals surface area contributed by atoms with Crippen molar-refractivity contribution in [2.24, 2.45) is 5.73 Å². The largest absolute Gasteiger partial charge is 0.323 e. The Morgan fingerprint density at radius 3 is 2.42 bits per heavy atom. The van der Waals surface area contributed by atoms with Crippen molar-refractivity contribution in [3.63, 3.8) is 0 Å². The van der Waals surface area contributed by atoms with Crippen LogP contribution in [0.15, 0.2) is 59.5 Å². The number of anilines is 1. The molecular formula is C14H13ClN2OS. The minimum absolute atomic E-state index is 0.276. The number of hydrogen-bond donors (Lipinski definition) is 2. The van der Waals surface area contributed by atoms with Crippen LogP contribution in [0.25, 0.3) is 0 Å². The molecule has 0 fully saturated rings. The summed E-state index contributed by atoms with van der Waals surface area (Å²) in [6.07, 6.45) is 0. The first kappa shape index (κ1) is 13.9. The zero-order valence-corrected chi connectivity index (χ0v) is 11.6. The summed E-state index contributed by atoms with van der Waals surface area (Å²) < 4.78 is 0. The second-order valence-electron chi connectivity index (χ2n) is 3.82. The van der Waals surface area contributed by atoms with Crippen LogP contribution in [0.4, 0.5) is 5.69 Å². The van der Waals surface area contributed by atoms with Gasteiger partial charge in [-0.3, -0.25) is 4.79 Å². The Balaban J connectivity index is 1.99. The van der Waals surface area contributed by atoms with Crippen molar-refractivity contribution in [2.75, 3.05) is 5.32 Å². The number of nitrogens with two attached hydrogens (primary N) is 1. The van der Waals surface area contributed by atoms with Crippen molar-refractivity contribution in [2.45, 2.75) is 10.3 Å². The number of para-hydroxylation sites is 1.